The van der Waals surface area contributed by atoms with E-state index < -0.39 is 9.84 Å². The number of carbonyl (C=O) groups is 1. The molecule has 26 heavy (non-hydrogen) atoms. The molecule has 0 radical (unpaired) electrons. The van der Waals surface area contributed by atoms with Crippen molar-refractivity contribution >= 4 is 38.6 Å². The molecule has 1 aliphatic heterocycles. The number of nitrogens with zero attached hydrogens (tertiary/aromatic N) is 2. The van der Waals surface area contributed by atoms with Gasteiger partial charge in [-0.1, -0.05) is 18.7 Å². The number of amides is 1. The number of sulfone groups is 1. The van der Waals surface area contributed by atoms with Gasteiger partial charge in [0, 0.05) is 13.1 Å². The van der Waals surface area contributed by atoms with E-state index in [4.69, 9.17) is 9.15 Å². The molecule has 1 fully saturated rings. The SMILES string of the molecule is CCS(=O)(=O)c1ccc2oc(SCC(=O)N3C[C@H](C)O[C@@H](C)C3)nc2c1. The van der Waals surface area contributed by atoms with Gasteiger partial charge in [-0.2, -0.15) is 0 Å². The first-order valence-electron chi connectivity index (χ1n) is 8.48. The van der Waals surface area contributed by atoms with Crippen LogP contribution in [-0.4, -0.2) is 61.0 Å². The Bertz CT molecular complexity index is 899. The molecule has 0 bridgehead atoms. The van der Waals surface area contributed by atoms with E-state index >= 15 is 0 Å². The highest BCUT2D eigenvalue weighted by molar-refractivity contribution is 7.99. The maximum Gasteiger partial charge on any atom is 0.257 e. The normalized spacial score (nSPS) is 21.3. The predicted molar refractivity (Wildman–Crippen MR) is 99.0 cm³/mol. The molecule has 1 aromatic carbocycles. The van der Waals surface area contributed by atoms with Crippen molar-refractivity contribution in [1.29, 1.82) is 0 Å². The summed E-state index contributed by atoms with van der Waals surface area (Å²) in [4.78, 5) is 18.7. The van der Waals surface area contributed by atoms with E-state index in [1.54, 1.807) is 17.9 Å². The Morgan fingerprint density at radius 3 is 2.65 bits per heavy atom. The van der Waals surface area contributed by atoms with Gasteiger partial charge < -0.3 is 14.1 Å². The summed E-state index contributed by atoms with van der Waals surface area (Å²) < 4.78 is 35.2. The lowest BCUT2D eigenvalue weighted by Gasteiger charge is -2.35. The van der Waals surface area contributed by atoms with E-state index in [0.29, 0.717) is 29.4 Å². The smallest absolute Gasteiger partial charge is 0.257 e. The van der Waals surface area contributed by atoms with Crippen molar-refractivity contribution in [2.24, 2.45) is 0 Å². The number of thioether (sulfide) groups is 1. The summed E-state index contributed by atoms with van der Waals surface area (Å²) in [5.74, 6) is 0.253. The van der Waals surface area contributed by atoms with E-state index in [-0.39, 0.29) is 34.5 Å². The number of morpholine rings is 1. The molecule has 0 N–H and O–H groups in total. The lowest BCUT2D eigenvalue weighted by molar-refractivity contribution is -0.140. The van der Waals surface area contributed by atoms with Crippen LogP contribution in [0.3, 0.4) is 0 Å². The first kappa shape index (κ1) is 19.2. The molecule has 1 amide bonds. The van der Waals surface area contributed by atoms with Crippen LogP contribution in [-0.2, 0) is 19.4 Å². The van der Waals surface area contributed by atoms with Crippen LogP contribution in [0.25, 0.3) is 11.1 Å². The summed E-state index contributed by atoms with van der Waals surface area (Å²) in [5.41, 5.74) is 0.978. The number of carbonyl (C=O) groups excluding carboxylic acids is 1. The van der Waals surface area contributed by atoms with E-state index in [0.717, 1.165) is 0 Å². The molecule has 0 unspecified atom stereocenters. The molecule has 7 nitrogen and oxygen atoms in total. The number of benzene rings is 1. The third kappa shape index (κ3) is 4.21. The number of aromatic nitrogens is 1. The Hall–Kier alpha value is -1.58. The van der Waals surface area contributed by atoms with Crippen molar-refractivity contribution in [2.75, 3.05) is 24.6 Å². The number of fused-ring (bicyclic) bond motifs is 1. The van der Waals surface area contributed by atoms with E-state index in [1.165, 1.54) is 23.9 Å². The van der Waals surface area contributed by atoms with E-state index in [2.05, 4.69) is 4.98 Å². The van der Waals surface area contributed by atoms with Gasteiger partial charge in [0.05, 0.1) is 28.6 Å². The van der Waals surface area contributed by atoms with Crippen LogP contribution < -0.4 is 0 Å². The van der Waals surface area contributed by atoms with Gasteiger partial charge in [-0.15, -0.1) is 0 Å². The van der Waals surface area contributed by atoms with Crippen molar-refractivity contribution in [3.63, 3.8) is 0 Å². The summed E-state index contributed by atoms with van der Waals surface area (Å²) >= 11 is 1.21. The lowest BCUT2D eigenvalue weighted by atomic mass is 10.2. The van der Waals surface area contributed by atoms with Gasteiger partial charge in [-0.25, -0.2) is 13.4 Å². The summed E-state index contributed by atoms with van der Waals surface area (Å²) in [6.45, 7) is 6.66. The van der Waals surface area contributed by atoms with Crippen LogP contribution in [0, 0.1) is 0 Å². The fraction of sp³-hybridized carbons (Fsp3) is 0.529. The summed E-state index contributed by atoms with van der Waals surface area (Å²) in [5, 5.41) is 0.355. The van der Waals surface area contributed by atoms with Crippen LogP contribution in [0.2, 0.25) is 0 Å². The topological polar surface area (TPSA) is 89.7 Å². The fourth-order valence-electron chi connectivity index (χ4n) is 2.90. The Kier molecular flexibility index (Phi) is 5.59. The molecule has 2 heterocycles. The third-order valence-corrected chi connectivity index (χ3v) is 6.72. The van der Waals surface area contributed by atoms with Crippen molar-refractivity contribution < 1.29 is 22.4 Å². The fourth-order valence-corrected chi connectivity index (χ4v) is 4.55. The summed E-state index contributed by atoms with van der Waals surface area (Å²) in [7, 11) is -3.29. The average molecular weight is 399 g/mol. The standard InChI is InChI=1S/C17H22N2O5S2/c1-4-26(21,22)13-5-6-15-14(7-13)18-17(24-15)25-10-16(20)19-8-11(2)23-12(3)9-19/h5-7,11-12H,4,8-10H2,1-3H3/t11-,12-/m0/s1. The molecule has 0 spiro atoms. The van der Waals surface area contributed by atoms with Gasteiger partial charge in [0.1, 0.15) is 5.52 Å². The second kappa shape index (κ2) is 7.58. The molecular formula is C17H22N2O5S2. The minimum Gasteiger partial charge on any atom is -0.431 e. The van der Waals surface area contributed by atoms with Gasteiger partial charge >= 0.3 is 0 Å². The van der Waals surface area contributed by atoms with Crippen LogP contribution in [0.4, 0.5) is 0 Å². The van der Waals surface area contributed by atoms with Crippen LogP contribution in [0.15, 0.2) is 32.7 Å². The zero-order valence-corrected chi connectivity index (χ0v) is 16.6. The molecular weight excluding hydrogens is 376 g/mol. The van der Waals surface area contributed by atoms with Gasteiger partial charge in [0.15, 0.2) is 15.4 Å². The molecule has 9 heteroatoms. The largest absolute Gasteiger partial charge is 0.431 e. The van der Waals surface area contributed by atoms with E-state index in [9.17, 15) is 13.2 Å². The predicted octanol–water partition coefficient (Wildman–Crippen LogP) is 2.35. The lowest BCUT2D eigenvalue weighted by Crippen LogP contribution is -2.48. The first-order chi connectivity index (χ1) is 12.3. The van der Waals surface area contributed by atoms with Crippen molar-refractivity contribution in [1.82, 2.24) is 9.88 Å². The van der Waals surface area contributed by atoms with Crippen molar-refractivity contribution in [2.45, 2.75) is 43.1 Å². The monoisotopic (exact) mass is 398 g/mol. The Balaban J connectivity index is 1.68. The van der Waals surface area contributed by atoms with Gasteiger partial charge in [-0.3, -0.25) is 4.79 Å². The number of rotatable bonds is 5. The molecule has 1 saturated heterocycles. The Morgan fingerprint density at radius 2 is 2.00 bits per heavy atom. The maximum absolute atomic E-state index is 12.4. The van der Waals surface area contributed by atoms with Crippen molar-refractivity contribution in [3.8, 4) is 0 Å². The van der Waals surface area contributed by atoms with Crippen molar-refractivity contribution in [3.05, 3.63) is 18.2 Å². The highest BCUT2D eigenvalue weighted by atomic mass is 32.2. The number of hydrogen-bond donors (Lipinski definition) is 0. The maximum atomic E-state index is 12.4. The minimum atomic E-state index is -3.29. The first-order valence-corrected chi connectivity index (χ1v) is 11.1. The highest BCUT2D eigenvalue weighted by Crippen LogP contribution is 2.26. The number of hydrogen-bond acceptors (Lipinski definition) is 7. The molecule has 1 aromatic heterocycles. The molecule has 2 aromatic rings. The second-order valence-corrected chi connectivity index (χ2v) is 9.56. The van der Waals surface area contributed by atoms with Crippen LogP contribution in [0.5, 0.6) is 0 Å². The summed E-state index contributed by atoms with van der Waals surface area (Å²) in [6.07, 6.45) is 0.0481. The minimum absolute atomic E-state index is 0.00788. The second-order valence-electron chi connectivity index (χ2n) is 6.36. The van der Waals surface area contributed by atoms with E-state index in [1.807, 2.05) is 13.8 Å². The molecule has 3 rings (SSSR count). The average Bonchev–Trinajstić information content (AvgIpc) is 3.00. The number of ether oxygens (including phenoxy) is 1. The molecule has 2 atom stereocenters. The summed E-state index contributed by atoms with van der Waals surface area (Å²) in [6, 6.07) is 4.62. The molecule has 0 aliphatic carbocycles. The Labute approximate surface area is 157 Å². The van der Waals surface area contributed by atoms with Gasteiger partial charge in [0.25, 0.3) is 5.22 Å². The Morgan fingerprint density at radius 1 is 1.31 bits per heavy atom. The zero-order chi connectivity index (χ0) is 18.9. The molecule has 142 valence electrons. The van der Waals surface area contributed by atoms with Crippen LogP contribution in [0.1, 0.15) is 20.8 Å². The molecule has 0 saturated carbocycles. The quantitative estimate of drug-likeness (QED) is 0.714. The zero-order valence-electron chi connectivity index (χ0n) is 15.0. The van der Waals surface area contributed by atoms with Crippen LogP contribution >= 0.6 is 11.8 Å². The number of oxazole rings is 1. The highest BCUT2D eigenvalue weighted by Gasteiger charge is 2.26. The van der Waals surface area contributed by atoms with Gasteiger partial charge in [0.2, 0.25) is 5.91 Å². The van der Waals surface area contributed by atoms with Gasteiger partial charge in [-0.05, 0) is 32.0 Å². The molecule has 1 aliphatic rings. The third-order valence-electron chi connectivity index (χ3n) is 4.17.